The molecule has 4 rings (SSSR count). The van der Waals surface area contributed by atoms with Crippen molar-refractivity contribution in [2.45, 2.75) is 31.8 Å². The number of hydrogen-bond donors (Lipinski definition) is 2. The minimum Gasteiger partial charge on any atom is -0.336 e. The Morgan fingerprint density at radius 2 is 2.00 bits per heavy atom. The van der Waals surface area contributed by atoms with Crippen LogP contribution in [-0.4, -0.2) is 60.0 Å². The number of benzene rings is 2. The Morgan fingerprint density at radius 3 is 2.81 bits per heavy atom. The zero-order valence-electron chi connectivity index (χ0n) is 15.6. The molecule has 0 radical (unpaired) electrons. The quantitative estimate of drug-likeness (QED) is 0.874. The van der Waals surface area contributed by atoms with Gasteiger partial charge in [0.1, 0.15) is 0 Å². The Morgan fingerprint density at radius 1 is 1.19 bits per heavy atom. The van der Waals surface area contributed by atoms with E-state index in [9.17, 15) is 9.59 Å². The van der Waals surface area contributed by atoms with Crippen LogP contribution in [0.5, 0.6) is 0 Å². The Kier molecular flexibility index (Phi) is 4.99. The average molecular weight is 366 g/mol. The van der Waals surface area contributed by atoms with Gasteiger partial charge in [-0.3, -0.25) is 9.69 Å². The molecule has 0 aromatic heterocycles. The van der Waals surface area contributed by atoms with Crippen molar-refractivity contribution in [1.82, 2.24) is 15.1 Å². The number of carbonyl (C=O) groups excluding carboxylic acids is 2. The van der Waals surface area contributed by atoms with Gasteiger partial charge in [-0.2, -0.15) is 0 Å². The van der Waals surface area contributed by atoms with E-state index in [4.69, 9.17) is 0 Å². The van der Waals surface area contributed by atoms with Crippen LogP contribution in [0.25, 0.3) is 10.8 Å². The van der Waals surface area contributed by atoms with Crippen LogP contribution in [0, 0.1) is 0 Å². The molecule has 142 valence electrons. The lowest BCUT2D eigenvalue weighted by molar-refractivity contribution is -0.121. The van der Waals surface area contributed by atoms with Gasteiger partial charge in [-0.25, -0.2) is 4.79 Å². The summed E-state index contributed by atoms with van der Waals surface area (Å²) in [5.74, 6) is -0.00197. The highest BCUT2D eigenvalue weighted by molar-refractivity contribution is 6.03. The number of anilines is 1. The molecule has 27 heavy (non-hydrogen) atoms. The largest absolute Gasteiger partial charge is 0.336 e. The van der Waals surface area contributed by atoms with Crippen molar-refractivity contribution < 1.29 is 9.59 Å². The molecule has 0 spiro atoms. The third-order valence-electron chi connectivity index (χ3n) is 5.73. The number of rotatable bonds is 4. The molecule has 2 N–H and O–H groups in total. The van der Waals surface area contributed by atoms with Crippen LogP contribution in [-0.2, 0) is 4.79 Å². The molecule has 0 saturated carbocycles. The minimum absolute atomic E-state index is 0.00197. The second-order valence-electron chi connectivity index (χ2n) is 7.41. The molecule has 0 bridgehead atoms. The molecule has 6 heteroatoms. The van der Waals surface area contributed by atoms with Crippen LogP contribution in [0.1, 0.15) is 19.8 Å². The number of likely N-dealkylation sites (tertiary alicyclic amines) is 1. The molecule has 2 aliphatic rings. The fourth-order valence-electron chi connectivity index (χ4n) is 4.16. The van der Waals surface area contributed by atoms with Crippen LogP contribution in [0.2, 0.25) is 0 Å². The zero-order valence-corrected chi connectivity index (χ0v) is 15.6. The maximum atomic E-state index is 12.9. The predicted octanol–water partition coefficient (Wildman–Crippen LogP) is 2.66. The number of nitrogens with one attached hydrogen (secondary N) is 2. The summed E-state index contributed by atoms with van der Waals surface area (Å²) in [4.78, 5) is 29.0. The standard InChI is InChI=1S/C21H26N4O2/c1-15(24-12-5-8-17(14-24)25-13-11-22-21(25)27)20(26)23-19-10-4-7-16-6-2-3-9-18(16)19/h2-4,6-7,9-10,15,17H,5,8,11-14H2,1H3,(H,22,27)(H,23,26)/t15-,17+/m0/s1. The van der Waals surface area contributed by atoms with Crippen molar-refractivity contribution in [3.8, 4) is 0 Å². The first-order valence-corrected chi connectivity index (χ1v) is 9.70. The smallest absolute Gasteiger partial charge is 0.317 e. The topological polar surface area (TPSA) is 64.7 Å². The number of urea groups is 1. The number of piperidine rings is 1. The summed E-state index contributed by atoms with van der Waals surface area (Å²) < 4.78 is 0. The molecule has 2 aromatic carbocycles. The van der Waals surface area contributed by atoms with E-state index in [1.165, 1.54) is 0 Å². The Labute approximate surface area is 159 Å². The van der Waals surface area contributed by atoms with E-state index in [1.54, 1.807) is 0 Å². The van der Waals surface area contributed by atoms with Gasteiger partial charge < -0.3 is 15.5 Å². The molecule has 2 saturated heterocycles. The lowest BCUT2D eigenvalue weighted by Gasteiger charge is -2.39. The molecule has 2 aliphatic heterocycles. The van der Waals surface area contributed by atoms with Gasteiger partial charge in [0.05, 0.1) is 6.04 Å². The van der Waals surface area contributed by atoms with E-state index in [0.717, 1.165) is 48.9 Å². The molecule has 6 nitrogen and oxygen atoms in total. The molecule has 2 aromatic rings. The fourth-order valence-corrected chi connectivity index (χ4v) is 4.16. The summed E-state index contributed by atoms with van der Waals surface area (Å²) in [6.45, 7) is 5.06. The number of amides is 3. The van der Waals surface area contributed by atoms with Gasteiger partial charge in [0.25, 0.3) is 0 Å². The van der Waals surface area contributed by atoms with E-state index in [1.807, 2.05) is 54.3 Å². The third-order valence-corrected chi connectivity index (χ3v) is 5.73. The highest BCUT2D eigenvalue weighted by Crippen LogP contribution is 2.24. The summed E-state index contributed by atoms with van der Waals surface area (Å²) in [5.41, 5.74) is 0.845. The second kappa shape index (κ2) is 7.56. The summed E-state index contributed by atoms with van der Waals surface area (Å²) in [6, 6.07) is 14.0. The summed E-state index contributed by atoms with van der Waals surface area (Å²) in [6.07, 6.45) is 2.00. The Bertz CT molecular complexity index is 848. The van der Waals surface area contributed by atoms with Gasteiger partial charge in [-0.1, -0.05) is 36.4 Å². The molecule has 2 atom stereocenters. The molecular weight excluding hydrogens is 340 g/mol. The van der Waals surface area contributed by atoms with Gasteiger partial charge in [0.15, 0.2) is 0 Å². The molecule has 3 amide bonds. The normalized spacial score (nSPS) is 21.9. The van der Waals surface area contributed by atoms with E-state index < -0.39 is 0 Å². The van der Waals surface area contributed by atoms with E-state index in [2.05, 4.69) is 15.5 Å². The second-order valence-corrected chi connectivity index (χ2v) is 7.41. The highest BCUT2D eigenvalue weighted by atomic mass is 16.2. The van der Waals surface area contributed by atoms with Crippen molar-refractivity contribution in [3.05, 3.63) is 42.5 Å². The maximum Gasteiger partial charge on any atom is 0.317 e. The average Bonchev–Trinajstić information content (AvgIpc) is 3.13. The lowest BCUT2D eigenvalue weighted by atomic mass is 10.0. The van der Waals surface area contributed by atoms with Crippen molar-refractivity contribution in [2.75, 3.05) is 31.5 Å². The Hall–Kier alpha value is -2.60. The monoisotopic (exact) mass is 366 g/mol. The Balaban J connectivity index is 1.44. The number of hydrogen-bond acceptors (Lipinski definition) is 3. The first-order chi connectivity index (χ1) is 13.1. The number of nitrogens with zero attached hydrogens (tertiary/aromatic N) is 2. The van der Waals surface area contributed by atoms with Crippen LogP contribution < -0.4 is 10.6 Å². The number of carbonyl (C=O) groups is 2. The molecule has 0 aliphatic carbocycles. The first kappa shape index (κ1) is 17.8. The van der Waals surface area contributed by atoms with Crippen molar-refractivity contribution in [1.29, 1.82) is 0 Å². The van der Waals surface area contributed by atoms with Crippen molar-refractivity contribution in [3.63, 3.8) is 0 Å². The van der Waals surface area contributed by atoms with Crippen molar-refractivity contribution in [2.24, 2.45) is 0 Å². The highest BCUT2D eigenvalue weighted by Gasteiger charge is 2.34. The molecule has 0 unspecified atom stereocenters. The van der Waals surface area contributed by atoms with E-state index in [-0.39, 0.29) is 24.0 Å². The lowest BCUT2D eigenvalue weighted by Crippen LogP contribution is -2.53. The van der Waals surface area contributed by atoms with Crippen LogP contribution in [0.3, 0.4) is 0 Å². The minimum atomic E-state index is -0.238. The van der Waals surface area contributed by atoms with Crippen LogP contribution >= 0.6 is 0 Å². The van der Waals surface area contributed by atoms with Crippen LogP contribution in [0.15, 0.2) is 42.5 Å². The van der Waals surface area contributed by atoms with Crippen LogP contribution in [0.4, 0.5) is 10.5 Å². The summed E-state index contributed by atoms with van der Waals surface area (Å²) in [7, 11) is 0. The summed E-state index contributed by atoms with van der Waals surface area (Å²) >= 11 is 0. The van der Waals surface area contributed by atoms with Gasteiger partial charge in [0, 0.05) is 36.7 Å². The predicted molar refractivity (Wildman–Crippen MR) is 107 cm³/mol. The first-order valence-electron chi connectivity index (χ1n) is 9.70. The third kappa shape index (κ3) is 3.62. The molecule has 2 fully saturated rings. The van der Waals surface area contributed by atoms with Gasteiger partial charge in [0.2, 0.25) is 5.91 Å². The van der Waals surface area contributed by atoms with Gasteiger partial charge in [-0.15, -0.1) is 0 Å². The summed E-state index contributed by atoms with van der Waals surface area (Å²) in [5, 5.41) is 8.13. The van der Waals surface area contributed by atoms with E-state index in [0.29, 0.717) is 6.54 Å². The SMILES string of the molecule is C[C@@H](C(=O)Nc1cccc2ccccc12)N1CCC[C@@H](N2CCNC2=O)C1. The molecule has 2 heterocycles. The van der Waals surface area contributed by atoms with E-state index >= 15 is 0 Å². The molecular formula is C21H26N4O2. The zero-order chi connectivity index (χ0) is 18.8. The van der Waals surface area contributed by atoms with Gasteiger partial charge in [-0.05, 0) is 37.8 Å². The maximum absolute atomic E-state index is 12.9. The van der Waals surface area contributed by atoms with Gasteiger partial charge >= 0.3 is 6.03 Å². The number of fused-ring (bicyclic) bond motifs is 1. The fraction of sp³-hybridized carbons (Fsp3) is 0.429. The van der Waals surface area contributed by atoms with Crippen molar-refractivity contribution >= 4 is 28.4 Å².